The van der Waals surface area contributed by atoms with Gasteiger partial charge in [-0.3, -0.25) is 9.69 Å². The molecule has 0 amide bonds. The van der Waals surface area contributed by atoms with Crippen LogP contribution in [-0.2, 0) is 30.8 Å². The van der Waals surface area contributed by atoms with Gasteiger partial charge in [-0.2, -0.15) is 0 Å². The van der Waals surface area contributed by atoms with Gasteiger partial charge < -0.3 is 18.5 Å². The number of rotatable bonds is 13. The number of nitrogens with zero attached hydrogens (tertiary/aromatic N) is 4. The number of aromatic nitrogens is 3. The number of hydrogen-bond acceptors (Lipinski definition) is 7. The Bertz CT molecular complexity index is 2050. The molecule has 0 atom stereocenters. The normalized spacial score (nSPS) is 11.4. The number of furan rings is 1. The topological polar surface area (TPSA) is 91.2 Å². The van der Waals surface area contributed by atoms with Crippen molar-refractivity contribution in [1.29, 1.82) is 0 Å². The molecule has 0 spiro atoms. The maximum atomic E-state index is 14.9. The van der Waals surface area contributed by atoms with Crippen molar-refractivity contribution in [2.24, 2.45) is 0 Å². The van der Waals surface area contributed by atoms with E-state index >= 15 is 0 Å². The molecule has 0 fully saturated rings. The highest BCUT2D eigenvalue weighted by Gasteiger charge is 2.25. The van der Waals surface area contributed by atoms with Gasteiger partial charge in [-0.25, -0.2) is 23.0 Å². The van der Waals surface area contributed by atoms with Gasteiger partial charge in [0.2, 0.25) is 5.78 Å². The first-order chi connectivity index (χ1) is 23.3. The van der Waals surface area contributed by atoms with Crippen LogP contribution < -0.4 is 10.3 Å². The Labute approximate surface area is 275 Å². The minimum absolute atomic E-state index is 0.0377. The lowest BCUT2D eigenvalue weighted by atomic mass is 10.1. The van der Waals surface area contributed by atoms with E-state index in [4.69, 9.17) is 18.9 Å². The van der Waals surface area contributed by atoms with Crippen molar-refractivity contribution in [3.05, 3.63) is 148 Å². The van der Waals surface area contributed by atoms with Gasteiger partial charge in [0.1, 0.15) is 28.7 Å². The van der Waals surface area contributed by atoms with E-state index in [0.717, 1.165) is 23.5 Å². The zero-order valence-corrected chi connectivity index (χ0v) is 26.6. The molecular formula is C37H34F2N4O5. The maximum Gasteiger partial charge on any atom is 0.345 e. The van der Waals surface area contributed by atoms with E-state index in [1.807, 2.05) is 78.7 Å². The van der Waals surface area contributed by atoms with E-state index in [1.165, 1.54) is 21.2 Å². The molecule has 9 nitrogen and oxygen atoms in total. The fourth-order valence-electron chi connectivity index (χ4n) is 5.57. The summed E-state index contributed by atoms with van der Waals surface area (Å²) in [7, 11) is 1.91. The number of halogens is 2. The summed E-state index contributed by atoms with van der Waals surface area (Å²) in [5, 5.41) is 0. The minimum atomic E-state index is -0.845. The Balaban J connectivity index is 1.46. The smallest absolute Gasteiger partial charge is 0.345 e. The van der Waals surface area contributed by atoms with Crippen LogP contribution in [0.5, 0.6) is 5.75 Å². The van der Waals surface area contributed by atoms with Crippen LogP contribution in [0.15, 0.2) is 107 Å². The zero-order valence-electron chi connectivity index (χ0n) is 26.6. The van der Waals surface area contributed by atoms with Gasteiger partial charge in [-0.1, -0.05) is 36.4 Å². The van der Waals surface area contributed by atoms with E-state index in [-0.39, 0.29) is 36.6 Å². The van der Waals surface area contributed by atoms with Crippen molar-refractivity contribution < 1.29 is 27.5 Å². The van der Waals surface area contributed by atoms with Gasteiger partial charge in [0.15, 0.2) is 0 Å². The molecule has 6 aromatic rings. The lowest BCUT2D eigenvalue weighted by molar-refractivity contribution is 0.0523. The first-order valence-corrected chi connectivity index (χ1v) is 15.5. The number of ether oxygens (including phenoxy) is 2. The lowest BCUT2D eigenvalue weighted by Gasteiger charge is -2.18. The SMILES string of the molecule is CCOC(=O)c1cn(Cc2c(F)cccc2F)c2nc(-c3ccc(OCCc4ccco4)cc3)c(CN(C)Cc3ccccc3)n2c1=O. The van der Waals surface area contributed by atoms with E-state index in [1.54, 1.807) is 13.2 Å². The van der Waals surface area contributed by atoms with Crippen LogP contribution in [0.1, 0.15) is 39.9 Å². The summed E-state index contributed by atoms with van der Waals surface area (Å²) in [6.45, 7) is 2.57. The molecule has 0 N–H and O–H groups in total. The van der Waals surface area contributed by atoms with Gasteiger partial charge in [0.05, 0.1) is 37.4 Å². The lowest BCUT2D eigenvalue weighted by Crippen LogP contribution is -2.29. The third kappa shape index (κ3) is 7.06. The predicted molar refractivity (Wildman–Crippen MR) is 176 cm³/mol. The quantitative estimate of drug-likeness (QED) is 0.131. The van der Waals surface area contributed by atoms with Crippen molar-refractivity contribution in [1.82, 2.24) is 18.9 Å². The Morgan fingerprint density at radius 2 is 1.69 bits per heavy atom. The molecule has 0 aliphatic carbocycles. The van der Waals surface area contributed by atoms with Crippen molar-refractivity contribution in [3.8, 4) is 17.0 Å². The van der Waals surface area contributed by atoms with Gasteiger partial charge in [-0.15, -0.1) is 0 Å². The highest BCUT2D eigenvalue weighted by atomic mass is 19.1. The van der Waals surface area contributed by atoms with Crippen LogP contribution in [0.3, 0.4) is 0 Å². The molecule has 0 aliphatic heterocycles. The molecular weight excluding hydrogens is 618 g/mol. The van der Waals surface area contributed by atoms with Crippen molar-refractivity contribution in [3.63, 3.8) is 0 Å². The molecule has 0 saturated heterocycles. The van der Waals surface area contributed by atoms with E-state index in [0.29, 0.717) is 42.3 Å². The van der Waals surface area contributed by atoms with Crippen LogP contribution in [0.4, 0.5) is 8.78 Å². The summed E-state index contributed by atoms with van der Waals surface area (Å²) < 4.78 is 49.0. The third-order valence-corrected chi connectivity index (χ3v) is 7.86. The average molecular weight is 653 g/mol. The summed E-state index contributed by atoms with van der Waals surface area (Å²) >= 11 is 0. The number of benzene rings is 3. The highest BCUT2D eigenvalue weighted by Crippen LogP contribution is 2.28. The second-order valence-corrected chi connectivity index (χ2v) is 11.3. The number of carbonyl (C=O) groups excluding carboxylic acids is 1. The molecule has 0 aliphatic rings. The van der Waals surface area contributed by atoms with E-state index < -0.39 is 23.2 Å². The van der Waals surface area contributed by atoms with Crippen LogP contribution >= 0.6 is 0 Å². The molecule has 3 heterocycles. The summed E-state index contributed by atoms with van der Waals surface area (Å²) in [6, 6.07) is 24.4. The molecule has 48 heavy (non-hydrogen) atoms. The average Bonchev–Trinajstić information content (AvgIpc) is 3.73. The van der Waals surface area contributed by atoms with Crippen LogP contribution in [0, 0.1) is 11.6 Å². The number of fused-ring (bicyclic) bond motifs is 1. The van der Waals surface area contributed by atoms with Crippen LogP contribution in [0.25, 0.3) is 17.0 Å². The first kappa shape index (κ1) is 32.4. The number of imidazole rings is 1. The molecule has 6 rings (SSSR count). The Hall–Kier alpha value is -5.55. The van der Waals surface area contributed by atoms with Gasteiger partial charge in [0.25, 0.3) is 5.56 Å². The second-order valence-electron chi connectivity index (χ2n) is 11.3. The summed E-state index contributed by atoms with van der Waals surface area (Å²) in [5.41, 5.74) is 1.55. The summed E-state index contributed by atoms with van der Waals surface area (Å²) in [5.74, 6) is -0.797. The Kier molecular flexibility index (Phi) is 9.77. The standard InChI is InChI=1S/C37H34F2N4O5/c1-3-46-36(45)30-23-42(22-29-31(38)12-7-13-32(29)39)37-40-34(26-14-16-28(17-15-26)48-20-18-27-11-8-19-47-27)33(43(37)35(30)44)24-41(2)21-25-9-5-4-6-10-25/h4-17,19,23H,3,18,20-22,24H2,1-2H3. The fraction of sp³-hybridized carbons (Fsp3) is 0.216. The molecule has 0 radical (unpaired) electrons. The minimum Gasteiger partial charge on any atom is -0.493 e. The maximum absolute atomic E-state index is 14.9. The second kappa shape index (κ2) is 14.5. The van der Waals surface area contributed by atoms with Crippen LogP contribution in [0.2, 0.25) is 0 Å². The monoisotopic (exact) mass is 652 g/mol. The molecule has 0 saturated carbocycles. The van der Waals surface area contributed by atoms with Gasteiger partial charge >= 0.3 is 5.97 Å². The van der Waals surface area contributed by atoms with Crippen molar-refractivity contribution >= 4 is 11.7 Å². The number of carbonyl (C=O) groups is 1. The van der Waals surface area contributed by atoms with Crippen molar-refractivity contribution in [2.75, 3.05) is 20.3 Å². The molecule has 3 aromatic carbocycles. The molecule has 0 unspecified atom stereocenters. The summed E-state index contributed by atoms with van der Waals surface area (Å²) in [4.78, 5) is 34.0. The zero-order chi connectivity index (χ0) is 33.6. The van der Waals surface area contributed by atoms with E-state index in [2.05, 4.69) is 0 Å². The van der Waals surface area contributed by atoms with Gasteiger partial charge in [-0.05, 0) is 68.1 Å². The van der Waals surface area contributed by atoms with Gasteiger partial charge in [0, 0.05) is 36.8 Å². The molecule has 3 aromatic heterocycles. The molecule has 11 heteroatoms. The third-order valence-electron chi connectivity index (χ3n) is 7.86. The molecule has 0 bridgehead atoms. The largest absolute Gasteiger partial charge is 0.493 e. The van der Waals surface area contributed by atoms with Crippen LogP contribution in [-0.4, -0.2) is 45.1 Å². The predicted octanol–water partition coefficient (Wildman–Crippen LogP) is 6.51. The Morgan fingerprint density at radius 3 is 2.38 bits per heavy atom. The van der Waals surface area contributed by atoms with E-state index in [9.17, 15) is 18.4 Å². The van der Waals surface area contributed by atoms with Crippen molar-refractivity contribution in [2.45, 2.75) is 33.0 Å². The Morgan fingerprint density at radius 1 is 0.938 bits per heavy atom. The highest BCUT2D eigenvalue weighted by molar-refractivity contribution is 5.89. The molecule has 246 valence electrons. The number of esters is 1. The fourth-order valence-corrected chi connectivity index (χ4v) is 5.57. The number of hydrogen-bond donors (Lipinski definition) is 0. The summed E-state index contributed by atoms with van der Waals surface area (Å²) in [6.07, 6.45) is 3.48. The first-order valence-electron chi connectivity index (χ1n) is 15.5.